The normalized spacial score (nSPS) is 11.3. The van der Waals surface area contributed by atoms with Crippen LogP contribution in [0.25, 0.3) is 11.4 Å². The van der Waals surface area contributed by atoms with Gasteiger partial charge in [0.25, 0.3) is 0 Å². The van der Waals surface area contributed by atoms with Gasteiger partial charge < -0.3 is 18.3 Å². The Hall–Kier alpha value is -4.85. The van der Waals surface area contributed by atoms with Crippen molar-refractivity contribution in [2.45, 2.75) is 34.3 Å². The van der Waals surface area contributed by atoms with Crippen molar-refractivity contribution in [1.29, 1.82) is 0 Å². The molecule has 38 heavy (non-hydrogen) atoms. The molecular weight excluding hydrogens is 478 g/mol. The van der Waals surface area contributed by atoms with Gasteiger partial charge >= 0.3 is 5.91 Å². The summed E-state index contributed by atoms with van der Waals surface area (Å²) >= 11 is 0. The molecule has 4 heterocycles. The van der Waals surface area contributed by atoms with Crippen molar-refractivity contribution in [3.63, 3.8) is 0 Å². The summed E-state index contributed by atoms with van der Waals surface area (Å²) in [5.41, 5.74) is 9.87. The molecule has 8 nitrogen and oxygen atoms in total. The van der Waals surface area contributed by atoms with Crippen molar-refractivity contribution >= 4 is 12.1 Å². The van der Waals surface area contributed by atoms with Gasteiger partial charge in [-0.3, -0.25) is 9.78 Å². The maximum absolute atomic E-state index is 12.5. The van der Waals surface area contributed by atoms with Crippen LogP contribution in [0, 0.1) is 27.7 Å². The number of hydrogen-bond acceptors (Lipinski definition) is 5. The predicted molar refractivity (Wildman–Crippen MR) is 146 cm³/mol. The average Bonchev–Trinajstić information content (AvgIpc) is 3.61. The second kappa shape index (κ2) is 10.6. The fourth-order valence-electron chi connectivity index (χ4n) is 4.52. The molecule has 0 aliphatic rings. The molecule has 0 atom stereocenters. The third-order valence-electron chi connectivity index (χ3n) is 6.38. The molecule has 1 amide bonds. The zero-order valence-electron chi connectivity index (χ0n) is 21.8. The van der Waals surface area contributed by atoms with Crippen molar-refractivity contribution in [3.8, 4) is 17.1 Å². The van der Waals surface area contributed by atoms with Gasteiger partial charge in [-0.25, -0.2) is 5.43 Å². The number of furan rings is 1. The molecule has 0 radical (unpaired) electrons. The van der Waals surface area contributed by atoms with Crippen LogP contribution in [0.4, 0.5) is 0 Å². The highest BCUT2D eigenvalue weighted by Crippen LogP contribution is 2.21. The molecule has 0 spiro atoms. The Morgan fingerprint density at radius 2 is 1.71 bits per heavy atom. The van der Waals surface area contributed by atoms with Gasteiger partial charge in [-0.15, -0.1) is 0 Å². The molecule has 0 saturated heterocycles. The summed E-state index contributed by atoms with van der Waals surface area (Å²) in [5, 5.41) is 4.12. The maximum atomic E-state index is 12.5. The van der Waals surface area contributed by atoms with Crippen LogP contribution in [0.2, 0.25) is 0 Å². The summed E-state index contributed by atoms with van der Waals surface area (Å²) in [5.74, 6) is 0.985. The molecule has 0 unspecified atom stereocenters. The van der Waals surface area contributed by atoms with E-state index in [1.54, 1.807) is 30.7 Å². The van der Waals surface area contributed by atoms with Crippen LogP contribution in [0.1, 0.15) is 44.7 Å². The van der Waals surface area contributed by atoms with E-state index < -0.39 is 5.91 Å². The molecule has 1 N–H and O–H groups in total. The molecule has 5 rings (SSSR count). The van der Waals surface area contributed by atoms with E-state index in [9.17, 15) is 4.79 Å². The van der Waals surface area contributed by atoms with E-state index in [1.165, 1.54) is 11.4 Å². The lowest BCUT2D eigenvalue weighted by atomic mass is 10.3. The summed E-state index contributed by atoms with van der Waals surface area (Å²) < 4.78 is 15.8. The van der Waals surface area contributed by atoms with Gasteiger partial charge in [-0.2, -0.15) is 5.10 Å². The van der Waals surface area contributed by atoms with E-state index in [1.807, 2.05) is 56.3 Å². The number of pyridine rings is 1. The van der Waals surface area contributed by atoms with E-state index in [2.05, 4.69) is 50.6 Å². The number of nitrogens with one attached hydrogen (secondary N) is 1. The third-order valence-corrected chi connectivity index (χ3v) is 6.38. The molecule has 8 heteroatoms. The van der Waals surface area contributed by atoms with E-state index in [0.717, 1.165) is 28.3 Å². The first-order valence-corrected chi connectivity index (χ1v) is 12.3. The van der Waals surface area contributed by atoms with Crippen LogP contribution >= 0.6 is 0 Å². The van der Waals surface area contributed by atoms with E-state index in [0.29, 0.717) is 11.5 Å². The van der Waals surface area contributed by atoms with E-state index >= 15 is 0 Å². The largest absolute Gasteiger partial charge is 0.486 e. The number of hydrazone groups is 1. The van der Waals surface area contributed by atoms with Crippen molar-refractivity contribution < 1.29 is 13.9 Å². The summed E-state index contributed by atoms with van der Waals surface area (Å²) in [6.45, 7) is 8.38. The fourth-order valence-corrected chi connectivity index (χ4v) is 4.52. The zero-order chi connectivity index (χ0) is 26.6. The number of ether oxygens (including phenoxy) is 1. The summed E-state index contributed by atoms with van der Waals surface area (Å²) in [6.07, 6.45) is 5.17. The number of nitrogens with zero attached hydrogens (tertiary/aromatic N) is 4. The van der Waals surface area contributed by atoms with Gasteiger partial charge in [0, 0.05) is 40.2 Å². The van der Waals surface area contributed by atoms with Crippen LogP contribution in [0.15, 0.2) is 88.6 Å². The van der Waals surface area contributed by atoms with Crippen molar-refractivity contribution in [2.75, 3.05) is 0 Å². The SMILES string of the molecule is Cc1ccc(C)n1-c1ccc(OCc2ccc(C(=O)N/N=C/c3cc(C)n(-c4cccnc4)c3C)o2)cc1. The third kappa shape index (κ3) is 5.15. The lowest BCUT2D eigenvalue weighted by Gasteiger charge is -2.10. The molecular formula is C30H29N5O3. The molecule has 0 saturated carbocycles. The second-order valence-electron chi connectivity index (χ2n) is 9.07. The van der Waals surface area contributed by atoms with Crippen molar-refractivity contribution in [3.05, 3.63) is 119 Å². The Bertz CT molecular complexity index is 1570. The van der Waals surface area contributed by atoms with Gasteiger partial charge in [-0.1, -0.05) is 0 Å². The van der Waals surface area contributed by atoms with Gasteiger partial charge in [0.15, 0.2) is 5.76 Å². The lowest BCUT2D eigenvalue weighted by molar-refractivity contribution is 0.0923. The second-order valence-corrected chi connectivity index (χ2v) is 9.07. The molecule has 192 valence electrons. The molecule has 0 bridgehead atoms. The van der Waals surface area contributed by atoms with Crippen LogP contribution in [-0.4, -0.2) is 26.2 Å². The standard InChI is InChI=1S/C30H29N5O3/c1-20-7-8-21(2)34(20)25-9-11-27(12-10-25)37-19-28-13-14-29(38-28)30(36)33-32-17-24-16-22(3)35(23(24)4)26-6-5-15-31-18-26/h5-18H,19H2,1-4H3,(H,33,36)/b32-17+. The molecule has 0 fully saturated rings. The first kappa shape index (κ1) is 24.8. The van der Waals surface area contributed by atoms with Crippen LogP contribution < -0.4 is 10.2 Å². The number of aryl methyl sites for hydroxylation is 3. The first-order valence-electron chi connectivity index (χ1n) is 12.3. The minimum atomic E-state index is -0.435. The monoisotopic (exact) mass is 507 g/mol. The van der Waals surface area contributed by atoms with Crippen LogP contribution in [0.3, 0.4) is 0 Å². The number of hydrogen-bond donors (Lipinski definition) is 1. The number of benzene rings is 1. The molecule has 0 aliphatic carbocycles. The topological polar surface area (TPSA) is 86.6 Å². The minimum Gasteiger partial charge on any atom is -0.486 e. The lowest BCUT2D eigenvalue weighted by Crippen LogP contribution is -2.16. The highest BCUT2D eigenvalue weighted by molar-refractivity contribution is 5.92. The Morgan fingerprint density at radius 1 is 0.947 bits per heavy atom. The molecule has 4 aromatic heterocycles. The Balaban J connectivity index is 1.17. The predicted octanol–water partition coefficient (Wildman–Crippen LogP) is 5.83. The van der Waals surface area contributed by atoms with E-state index in [4.69, 9.17) is 9.15 Å². The smallest absolute Gasteiger partial charge is 0.307 e. The average molecular weight is 508 g/mol. The van der Waals surface area contributed by atoms with Gasteiger partial charge in [0.05, 0.1) is 18.1 Å². The number of amides is 1. The Labute approximate surface area is 221 Å². The zero-order valence-corrected chi connectivity index (χ0v) is 21.8. The van der Waals surface area contributed by atoms with Crippen molar-refractivity contribution in [1.82, 2.24) is 19.5 Å². The highest BCUT2D eigenvalue weighted by atomic mass is 16.5. The maximum Gasteiger partial charge on any atom is 0.307 e. The van der Waals surface area contributed by atoms with Crippen LogP contribution in [0.5, 0.6) is 5.75 Å². The molecule has 1 aromatic carbocycles. The molecule has 5 aromatic rings. The van der Waals surface area contributed by atoms with E-state index in [-0.39, 0.29) is 12.4 Å². The van der Waals surface area contributed by atoms with Crippen molar-refractivity contribution in [2.24, 2.45) is 5.10 Å². The summed E-state index contributed by atoms with van der Waals surface area (Å²) in [4.78, 5) is 16.7. The van der Waals surface area contributed by atoms with Gasteiger partial charge in [0.1, 0.15) is 18.1 Å². The van der Waals surface area contributed by atoms with Crippen LogP contribution in [-0.2, 0) is 6.61 Å². The van der Waals surface area contributed by atoms with Gasteiger partial charge in [-0.05, 0) is 94.4 Å². The fraction of sp³-hybridized carbons (Fsp3) is 0.167. The number of rotatable bonds is 8. The minimum absolute atomic E-state index is 0.162. The van der Waals surface area contributed by atoms with Gasteiger partial charge in [0.2, 0.25) is 0 Å². The summed E-state index contributed by atoms with van der Waals surface area (Å²) in [7, 11) is 0. The Kier molecular flexibility index (Phi) is 6.95. The summed E-state index contributed by atoms with van der Waals surface area (Å²) in [6, 6.07) is 21.3. The number of carbonyl (C=O) groups excluding carboxylic acids is 1. The first-order chi connectivity index (χ1) is 18.4. The highest BCUT2D eigenvalue weighted by Gasteiger charge is 2.13. The number of carbonyl (C=O) groups is 1. The quantitative estimate of drug-likeness (QED) is 0.211. The Morgan fingerprint density at radius 3 is 2.42 bits per heavy atom. The molecule has 0 aliphatic heterocycles. The number of aromatic nitrogens is 3.